The van der Waals surface area contributed by atoms with Gasteiger partial charge in [0.15, 0.2) is 0 Å². The van der Waals surface area contributed by atoms with Crippen LogP contribution >= 0.6 is 11.3 Å². The van der Waals surface area contributed by atoms with E-state index in [1.165, 1.54) is 34.6 Å². The average Bonchev–Trinajstić information content (AvgIpc) is 2.66. The van der Waals surface area contributed by atoms with Crippen LogP contribution in [0.1, 0.15) is 48.4 Å². The van der Waals surface area contributed by atoms with Crippen LogP contribution in [-0.4, -0.2) is 6.04 Å². The molecule has 1 aliphatic carbocycles. The van der Waals surface area contributed by atoms with Gasteiger partial charge in [-0.15, -0.1) is 11.3 Å². The van der Waals surface area contributed by atoms with Crippen molar-refractivity contribution in [3.63, 3.8) is 0 Å². The molecule has 0 aliphatic heterocycles. The van der Waals surface area contributed by atoms with Crippen LogP contribution in [0.25, 0.3) is 0 Å². The second-order valence-electron chi connectivity index (χ2n) is 5.92. The molecule has 1 saturated carbocycles. The van der Waals surface area contributed by atoms with E-state index in [-0.39, 0.29) is 0 Å². The number of aryl methyl sites for hydroxylation is 2. The Morgan fingerprint density at radius 3 is 2.69 bits per heavy atom. The Kier molecular flexibility index (Phi) is 3.41. The summed E-state index contributed by atoms with van der Waals surface area (Å²) in [6.07, 6.45) is 4.04. The van der Waals surface area contributed by atoms with Crippen molar-refractivity contribution in [1.29, 1.82) is 0 Å². The van der Waals surface area contributed by atoms with Crippen molar-refractivity contribution >= 4 is 11.3 Å². The maximum Gasteiger partial charge on any atom is 0.0219 e. The normalized spacial score (nSPS) is 23.9. The second-order valence-corrected chi connectivity index (χ2v) is 7.38. The Bertz CT molecular complexity index is 365. The predicted octanol–water partition coefficient (Wildman–Crippen LogP) is 4.03. The van der Waals surface area contributed by atoms with Crippen molar-refractivity contribution in [2.75, 3.05) is 0 Å². The van der Waals surface area contributed by atoms with Crippen molar-refractivity contribution in [2.45, 2.75) is 59.5 Å². The van der Waals surface area contributed by atoms with E-state index in [1.54, 1.807) is 0 Å². The summed E-state index contributed by atoms with van der Waals surface area (Å²) in [6.45, 7) is 10.2. The number of nitrogens with one attached hydrogen (secondary N) is 1. The highest BCUT2D eigenvalue weighted by Crippen LogP contribution is 2.37. The fourth-order valence-corrected chi connectivity index (χ4v) is 3.67. The maximum atomic E-state index is 3.71. The van der Waals surface area contributed by atoms with E-state index >= 15 is 0 Å². The van der Waals surface area contributed by atoms with Crippen molar-refractivity contribution in [3.8, 4) is 0 Å². The van der Waals surface area contributed by atoms with Gasteiger partial charge in [0.2, 0.25) is 0 Å². The van der Waals surface area contributed by atoms with Gasteiger partial charge in [-0.25, -0.2) is 0 Å². The van der Waals surface area contributed by atoms with Crippen LogP contribution in [0.2, 0.25) is 0 Å². The average molecular weight is 237 g/mol. The predicted molar refractivity (Wildman–Crippen MR) is 72.1 cm³/mol. The van der Waals surface area contributed by atoms with E-state index in [2.05, 4.69) is 39.1 Å². The van der Waals surface area contributed by atoms with Gasteiger partial charge < -0.3 is 5.32 Å². The zero-order valence-electron chi connectivity index (χ0n) is 10.9. The van der Waals surface area contributed by atoms with E-state index in [0.717, 1.165) is 12.6 Å². The first kappa shape index (κ1) is 12.1. The molecule has 0 bridgehead atoms. The molecule has 90 valence electrons. The Labute approximate surface area is 103 Å². The summed E-state index contributed by atoms with van der Waals surface area (Å²) in [5.41, 5.74) is 2.05. The smallest absolute Gasteiger partial charge is 0.0219 e. The minimum atomic E-state index is 0.553. The van der Waals surface area contributed by atoms with Gasteiger partial charge in [-0.3, -0.25) is 0 Å². The molecule has 1 aromatic rings. The Balaban J connectivity index is 1.87. The first-order chi connectivity index (χ1) is 7.46. The summed E-state index contributed by atoms with van der Waals surface area (Å²) in [5, 5.41) is 3.71. The molecule has 1 aromatic heterocycles. The molecule has 0 saturated heterocycles. The topological polar surface area (TPSA) is 12.0 Å². The standard InChI is InChI=1S/C14H23NS/c1-10-7-12(11(2)16-10)9-15-13-5-6-14(3,4)8-13/h7,13,15H,5-6,8-9H2,1-4H3. The molecule has 0 aromatic carbocycles. The molecule has 2 rings (SSSR count). The summed E-state index contributed by atoms with van der Waals surface area (Å²) < 4.78 is 0. The number of hydrogen-bond acceptors (Lipinski definition) is 2. The van der Waals surface area contributed by atoms with Gasteiger partial charge in [0.05, 0.1) is 0 Å². The molecule has 1 aliphatic rings. The highest BCUT2D eigenvalue weighted by atomic mass is 32.1. The van der Waals surface area contributed by atoms with Gasteiger partial charge >= 0.3 is 0 Å². The van der Waals surface area contributed by atoms with E-state index in [9.17, 15) is 0 Å². The number of hydrogen-bond donors (Lipinski definition) is 1. The lowest BCUT2D eigenvalue weighted by Gasteiger charge is -2.17. The maximum absolute atomic E-state index is 3.71. The third-order valence-corrected chi connectivity index (χ3v) is 4.70. The fourth-order valence-electron chi connectivity index (χ4n) is 2.72. The monoisotopic (exact) mass is 237 g/mol. The van der Waals surface area contributed by atoms with Crippen LogP contribution in [0, 0.1) is 19.3 Å². The SMILES string of the molecule is Cc1cc(CNC2CCC(C)(C)C2)c(C)s1. The van der Waals surface area contributed by atoms with E-state index in [4.69, 9.17) is 0 Å². The highest BCUT2D eigenvalue weighted by molar-refractivity contribution is 7.12. The van der Waals surface area contributed by atoms with Gasteiger partial charge in [0, 0.05) is 22.3 Å². The minimum Gasteiger partial charge on any atom is -0.310 e. The summed E-state index contributed by atoms with van der Waals surface area (Å²) >= 11 is 1.91. The zero-order chi connectivity index (χ0) is 11.8. The van der Waals surface area contributed by atoms with Gasteiger partial charge in [-0.1, -0.05) is 13.8 Å². The van der Waals surface area contributed by atoms with E-state index in [1.807, 2.05) is 11.3 Å². The molecule has 2 heteroatoms. The molecule has 1 atom stereocenters. The Morgan fingerprint density at radius 1 is 1.44 bits per heavy atom. The molecular weight excluding hydrogens is 214 g/mol. The first-order valence-electron chi connectivity index (χ1n) is 6.25. The van der Waals surface area contributed by atoms with Crippen molar-refractivity contribution in [1.82, 2.24) is 5.32 Å². The molecule has 0 radical (unpaired) electrons. The third kappa shape index (κ3) is 2.86. The van der Waals surface area contributed by atoms with Crippen molar-refractivity contribution in [2.24, 2.45) is 5.41 Å². The van der Waals surface area contributed by atoms with Crippen molar-refractivity contribution in [3.05, 3.63) is 21.4 Å². The minimum absolute atomic E-state index is 0.553. The van der Waals surface area contributed by atoms with Crippen LogP contribution in [0.4, 0.5) is 0 Å². The molecule has 1 N–H and O–H groups in total. The molecule has 1 unspecified atom stereocenters. The lowest BCUT2D eigenvalue weighted by atomic mass is 9.92. The van der Waals surface area contributed by atoms with Gasteiger partial charge in [-0.05, 0) is 50.2 Å². The zero-order valence-corrected chi connectivity index (χ0v) is 11.7. The van der Waals surface area contributed by atoms with Gasteiger partial charge in [0.25, 0.3) is 0 Å². The van der Waals surface area contributed by atoms with Crippen molar-refractivity contribution < 1.29 is 0 Å². The van der Waals surface area contributed by atoms with Crippen LogP contribution in [0.3, 0.4) is 0 Å². The second kappa shape index (κ2) is 4.50. The number of rotatable bonds is 3. The largest absolute Gasteiger partial charge is 0.310 e. The Morgan fingerprint density at radius 2 is 2.19 bits per heavy atom. The lowest BCUT2D eigenvalue weighted by molar-refractivity contribution is 0.364. The van der Waals surface area contributed by atoms with E-state index < -0.39 is 0 Å². The third-order valence-electron chi connectivity index (χ3n) is 3.69. The lowest BCUT2D eigenvalue weighted by Crippen LogP contribution is -2.26. The Hall–Kier alpha value is -0.340. The fraction of sp³-hybridized carbons (Fsp3) is 0.714. The van der Waals surface area contributed by atoms with Crippen LogP contribution in [0.15, 0.2) is 6.07 Å². The quantitative estimate of drug-likeness (QED) is 0.837. The molecule has 1 heterocycles. The molecule has 16 heavy (non-hydrogen) atoms. The van der Waals surface area contributed by atoms with Gasteiger partial charge in [-0.2, -0.15) is 0 Å². The van der Waals surface area contributed by atoms with Crippen LogP contribution in [0.5, 0.6) is 0 Å². The molecule has 1 fully saturated rings. The molecule has 1 nitrogen and oxygen atoms in total. The van der Waals surface area contributed by atoms with Crippen LogP contribution < -0.4 is 5.32 Å². The summed E-state index contributed by atoms with van der Waals surface area (Å²) in [6, 6.07) is 3.06. The molecular formula is C14H23NS. The molecule has 0 amide bonds. The van der Waals surface area contributed by atoms with E-state index in [0.29, 0.717) is 5.41 Å². The van der Waals surface area contributed by atoms with Gasteiger partial charge in [0.1, 0.15) is 0 Å². The highest BCUT2D eigenvalue weighted by Gasteiger charge is 2.30. The summed E-state index contributed by atoms with van der Waals surface area (Å²) in [7, 11) is 0. The molecule has 0 spiro atoms. The number of thiophene rings is 1. The first-order valence-corrected chi connectivity index (χ1v) is 7.07. The van der Waals surface area contributed by atoms with Crippen LogP contribution in [-0.2, 0) is 6.54 Å². The summed E-state index contributed by atoms with van der Waals surface area (Å²) in [5.74, 6) is 0. The summed E-state index contributed by atoms with van der Waals surface area (Å²) in [4.78, 5) is 2.91.